The predicted molar refractivity (Wildman–Crippen MR) is 68.7 cm³/mol. The van der Waals surface area contributed by atoms with E-state index in [4.69, 9.17) is 0 Å². The Labute approximate surface area is 126 Å². The van der Waals surface area contributed by atoms with Gasteiger partial charge in [0.05, 0.1) is 5.56 Å². The molecule has 8 heteroatoms. The van der Waals surface area contributed by atoms with Crippen LogP contribution < -0.4 is 4.74 Å². The zero-order chi connectivity index (χ0) is 17.2. The van der Waals surface area contributed by atoms with E-state index in [0.717, 1.165) is 12.1 Å². The average Bonchev–Trinajstić information content (AvgIpc) is 2.48. The lowest BCUT2D eigenvalue weighted by atomic mass is 10.0. The van der Waals surface area contributed by atoms with Gasteiger partial charge in [0.25, 0.3) is 0 Å². The molecule has 2 aromatic rings. The summed E-state index contributed by atoms with van der Waals surface area (Å²) in [6, 6.07) is 4.10. The van der Waals surface area contributed by atoms with Gasteiger partial charge in [-0.25, -0.2) is 13.2 Å². The largest absolute Gasteiger partial charge is 0.483 e. The Morgan fingerprint density at radius 2 is 1.61 bits per heavy atom. The first-order valence-electron chi connectivity index (χ1n) is 6.15. The number of aldehydes is 1. The number of benzene rings is 2. The van der Waals surface area contributed by atoms with E-state index in [1.165, 1.54) is 6.07 Å². The smallest absolute Gasteiger partial charge is 0.422 e. The highest BCUT2D eigenvalue weighted by Crippen LogP contribution is 2.30. The number of carbonyl (C=O) groups is 1. The second-order valence-corrected chi connectivity index (χ2v) is 4.52. The van der Waals surface area contributed by atoms with Gasteiger partial charge in [0, 0.05) is 11.6 Å². The van der Waals surface area contributed by atoms with Crippen LogP contribution in [-0.4, -0.2) is 19.1 Å². The van der Waals surface area contributed by atoms with Gasteiger partial charge in [-0.15, -0.1) is 0 Å². The molecule has 0 heterocycles. The number of carbonyl (C=O) groups excluding carboxylic acids is 1. The van der Waals surface area contributed by atoms with E-state index in [1.54, 1.807) is 0 Å². The highest BCUT2D eigenvalue weighted by molar-refractivity contribution is 5.82. The summed E-state index contributed by atoms with van der Waals surface area (Å²) in [5.41, 5.74) is -0.636. The number of halogens is 6. The van der Waals surface area contributed by atoms with Crippen LogP contribution in [0.3, 0.4) is 0 Å². The zero-order valence-electron chi connectivity index (χ0n) is 11.3. The van der Waals surface area contributed by atoms with E-state index in [0.29, 0.717) is 12.1 Å². The first-order valence-corrected chi connectivity index (χ1v) is 6.15. The van der Waals surface area contributed by atoms with E-state index in [-0.39, 0.29) is 23.0 Å². The molecule has 0 aliphatic heterocycles. The van der Waals surface area contributed by atoms with Crippen LogP contribution in [0.1, 0.15) is 10.4 Å². The average molecular weight is 334 g/mol. The zero-order valence-corrected chi connectivity index (χ0v) is 11.3. The Morgan fingerprint density at radius 3 is 2.22 bits per heavy atom. The van der Waals surface area contributed by atoms with Crippen molar-refractivity contribution in [3.05, 3.63) is 53.3 Å². The van der Waals surface area contributed by atoms with Crippen LogP contribution >= 0.6 is 0 Å². The van der Waals surface area contributed by atoms with Crippen LogP contribution in [0, 0.1) is 17.5 Å². The minimum atomic E-state index is -4.64. The lowest BCUT2D eigenvalue weighted by molar-refractivity contribution is -0.153. The van der Waals surface area contributed by atoms with Crippen LogP contribution in [-0.2, 0) is 0 Å². The molecule has 0 aromatic heterocycles. The van der Waals surface area contributed by atoms with E-state index in [9.17, 15) is 31.1 Å². The second kappa shape index (κ2) is 6.31. The summed E-state index contributed by atoms with van der Waals surface area (Å²) >= 11 is 0. The van der Waals surface area contributed by atoms with Crippen LogP contribution in [0.15, 0.2) is 30.3 Å². The molecule has 0 unspecified atom stereocenters. The number of hydrogen-bond donors (Lipinski definition) is 0. The molecule has 0 aliphatic rings. The van der Waals surface area contributed by atoms with Gasteiger partial charge in [-0.05, 0) is 23.8 Å². The molecule has 0 saturated heterocycles. The number of hydrogen-bond acceptors (Lipinski definition) is 2. The molecular formula is C15H8F6O2. The van der Waals surface area contributed by atoms with Gasteiger partial charge in [0.15, 0.2) is 24.5 Å². The molecule has 2 nitrogen and oxygen atoms in total. The van der Waals surface area contributed by atoms with Gasteiger partial charge < -0.3 is 4.74 Å². The fourth-order valence-corrected chi connectivity index (χ4v) is 1.83. The van der Waals surface area contributed by atoms with Crippen molar-refractivity contribution >= 4 is 6.29 Å². The van der Waals surface area contributed by atoms with Crippen molar-refractivity contribution in [3.8, 4) is 16.9 Å². The van der Waals surface area contributed by atoms with Crippen molar-refractivity contribution in [2.75, 3.05) is 6.61 Å². The van der Waals surface area contributed by atoms with Crippen LogP contribution in [0.25, 0.3) is 11.1 Å². The fourth-order valence-electron chi connectivity index (χ4n) is 1.83. The van der Waals surface area contributed by atoms with Crippen molar-refractivity contribution < 1.29 is 35.9 Å². The van der Waals surface area contributed by atoms with Crippen molar-refractivity contribution in [1.29, 1.82) is 0 Å². The molecule has 2 aromatic carbocycles. The number of ether oxygens (including phenoxy) is 1. The molecule has 0 radical (unpaired) electrons. The van der Waals surface area contributed by atoms with Gasteiger partial charge in [0.2, 0.25) is 0 Å². The molecule has 0 N–H and O–H groups in total. The lowest BCUT2D eigenvalue weighted by Crippen LogP contribution is -2.19. The van der Waals surface area contributed by atoms with Crippen LogP contribution in [0.2, 0.25) is 0 Å². The van der Waals surface area contributed by atoms with Crippen molar-refractivity contribution in [2.45, 2.75) is 6.18 Å². The van der Waals surface area contributed by atoms with E-state index in [2.05, 4.69) is 4.74 Å². The molecule has 0 atom stereocenters. The number of alkyl halides is 3. The Balaban J connectivity index is 2.45. The monoisotopic (exact) mass is 334 g/mol. The molecule has 2 rings (SSSR count). The van der Waals surface area contributed by atoms with Crippen molar-refractivity contribution in [2.24, 2.45) is 0 Å². The molecule has 122 valence electrons. The third-order valence-electron chi connectivity index (χ3n) is 2.85. The van der Waals surface area contributed by atoms with E-state index in [1.807, 2.05) is 0 Å². The van der Waals surface area contributed by atoms with Gasteiger partial charge >= 0.3 is 6.18 Å². The highest BCUT2D eigenvalue weighted by Gasteiger charge is 2.29. The predicted octanol–water partition coefficient (Wildman–Crippen LogP) is 4.52. The maximum Gasteiger partial charge on any atom is 0.422 e. The summed E-state index contributed by atoms with van der Waals surface area (Å²) in [5.74, 6) is -4.27. The lowest BCUT2D eigenvalue weighted by Gasteiger charge is -2.13. The van der Waals surface area contributed by atoms with Gasteiger partial charge in [-0.2, -0.15) is 13.2 Å². The fraction of sp³-hybridized carbons (Fsp3) is 0.133. The van der Waals surface area contributed by atoms with Crippen LogP contribution in [0.4, 0.5) is 26.3 Å². The molecule has 0 bridgehead atoms. The normalized spacial score (nSPS) is 11.4. The summed E-state index contributed by atoms with van der Waals surface area (Å²) in [5, 5.41) is 0. The maximum absolute atomic E-state index is 13.7. The quantitative estimate of drug-likeness (QED) is 0.467. The first kappa shape index (κ1) is 16.9. The first-order chi connectivity index (χ1) is 10.7. The Kier molecular flexibility index (Phi) is 4.63. The molecule has 0 aliphatic carbocycles. The molecule has 23 heavy (non-hydrogen) atoms. The molecular weight excluding hydrogens is 326 g/mol. The summed E-state index contributed by atoms with van der Waals surface area (Å²) in [4.78, 5) is 10.8. The molecule has 0 fully saturated rings. The van der Waals surface area contributed by atoms with Crippen molar-refractivity contribution in [3.63, 3.8) is 0 Å². The van der Waals surface area contributed by atoms with Gasteiger partial charge in [-0.1, -0.05) is 6.07 Å². The topological polar surface area (TPSA) is 26.3 Å². The molecule has 0 spiro atoms. The van der Waals surface area contributed by atoms with Crippen LogP contribution in [0.5, 0.6) is 5.75 Å². The third kappa shape index (κ3) is 4.02. The standard InChI is InChI=1S/C15H8F6O2/c16-11-5-13(18)12(17)4-10(11)8-1-2-9(6-22)14(3-8)23-7-15(19,20)21/h1-6H,7H2. The molecule has 0 saturated carbocycles. The molecule has 0 amide bonds. The Morgan fingerprint density at radius 1 is 0.957 bits per heavy atom. The minimum Gasteiger partial charge on any atom is -0.483 e. The Hall–Kier alpha value is -2.51. The maximum atomic E-state index is 13.7. The summed E-state index contributed by atoms with van der Waals surface area (Å²) < 4.78 is 80.9. The van der Waals surface area contributed by atoms with Gasteiger partial charge in [-0.3, -0.25) is 4.79 Å². The minimum absolute atomic E-state index is 0.0656. The van der Waals surface area contributed by atoms with Crippen molar-refractivity contribution in [1.82, 2.24) is 0 Å². The SMILES string of the molecule is O=Cc1ccc(-c2cc(F)c(F)cc2F)cc1OCC(F)(F)F. The van der Waals surface area contributed by atoms with Gasteiger partial charge in [0.1, 0.15) is 11.6 Å². The summed E-state index contributed by atoms with van der Waals surface area (Å²) in [7, 11) is 0. The summed E-state index contributed by atoms with van der Waals surface area (Å²) in [6.07, 6.45) is -4.37. The van der Waals surface area contributed by atoms with E-state index >= 15 is 0 Å². The van der Waals surface area contributed by atoms with E-state index < -0.39 is 36.0 Å². The summed E-state index contributed by atoms with van der Waals surface area (Å²) in [6.45, 7) is -1.66. The Bertz CT molecular complexity index is 739. The third-order valence-corrected chi connectivity index (χ3v) is 2.85. The number of rotatable bonds is 4. The second-order valence-electron chi connectivity index (χ2n) is 4.52. The highest BCUT2D eigenvalue weighted by atomic mass is 19.4.